The first-order valence-corrected chi connectivity index (χ1v) is 6.43. The Morgan fingerprint density at radius 2 is 2.05 bits per heavy atom. The molecule has 0 radical (unpaired) electrons. The first-order chi connectivity index (χ1) is 9.45. The summed E-state index contributed by atoms with van der Waals surface area (Å²) >= 11 is 0. The molecule has 21 heavy (non-hydrogen) atoms. The molecule has 0 aromatic rings. The van der Waals surface area contributed by atoms with Gasteiger partial charge < -0.3 is 14.2 Å². The van der Waals surface area contributed by atoms with Crippen LogP contribution in [0.5, 0.6) is 0 Å². The van der Waals surface area contributed by atoms with Crippen molar-refractivity contribution in [2.24, 2.45) is 29.5 Å². The molecule has 0 spiro atoms. The van der Waals surface area contributed by atoms with Crippen LogP contribution in [-0.2, 0) is 23.8 Å². The minimum Gasteiger partial charge on any atom is -0.469 e. The summed E-state index contributed by atoms with van der Waals surface area (Å²) < 4.78 is 15.3. The summed E-state index contributed by atoms with van der Waals surface area (Å²) in [7, 11) is 2.64. The standard InChI is InChI=1S/C12H16N2O6.U/c1-14(13)12(17)20-9-4-3-5-7(6(4)10(15)18-2)11(16)19-8(5)9;/h4-9H,3,13H2,1-2H3;. The van der Waals surface area contributed by atoms with E-state index in [0.717, 1.165) is 5.01 Å². The summed E-state index contributed by atoms with van der Waals surface area (Å²) in [5.74, 6) is 3.05. The van der Waals surface area contributed by atoms with Gasteiger partial charge in [-0.3, -0.25) is 9.59 Å². The maximum absolute atomic E-state index is 11.9. The first-order valence-electron chi connectivity index (χ1n) is 6.43. The Labute approximate surface area is 145 Å². The minimum absolute atomic E-state index is 0. The van der Waals surface area contributed by atoms with Gasteiger partial charge in [0, 0.05) is 50.0 Å². The summed E-state index contributed by atoms with van der Waals surface area (Å²) in [6, 6.07) is 0. The molecule has 2 bridgehead atoms. The molecule has 3 aliphatic rings. The Morgan fingerprint density at radius 3 is 2.62 bits per heavy atom. The van der Waals surface area contributed by atoms with E-state index in [9.17, 15) is 14.4 Å². The van der Waals surface area contributed by atoms with E-state index in [-0.39, 0.29) is 42.9 Å². The summed E-state index contributed by atoms with van der Waals surface area (Å²) in [5, 5.41) is 0.813. The Hall–Kier alpha value is -0.778. The SMILES string of the molecule is COC(=O)C1C2CC3C(OC(=O)C31)C2OC(=O)N(C)N.[U]. The smallest absolute Gasteiger partial charge is 0.424 e. The molecule has 8 nitrogen and oxygen atoms in total. The average molecular weight is 522 g/mol. The van der Waals surface area contributed by atoms with Crippen molar-refractivity contribution in [3.8, 4) is 0 Å². The van der Waals surface area contributed by atoms with Crippen molar-refractivity contribution in [3.05, 3.63) is 0 Å². The number of ether oxygens (including phenoxy) is 3. The fourth-order valence-electron chi connectivity index (χ4n) is 3.80. The molecule has 3 fully saturated rings. The third-order valence-corrected chi connectivity index (χ3v) is 4.54. The van der Waals surface area contributed by atoms with Gasteiger partial charge in [0.25, 0.3) is 0 Å². The summed E-state index contributed by atoms with van der Waals surface area (Å²) in [6.45, 7) is 0. The van der Waals surface area contributed by atoms with Gasteiger partial charge in [0.05, 0.1) is 18.9 Å². The molecule has 3 rings (SSSR count). The Balaban J connectivity index is 0.00000161. The van der Waals surface area contributed by atoms with E-state index in [1.165, 1.54) is 14.2 Å². The number of nitrogens with two attached hydrogens (primary N) is 1. The molecule has 6 unspecified atom stereocenters. The molecular weight excluding hydrogens is 506 g/mol. The summed E-state index contributed by atoms with van der Waals surface area (Å²) in [6.07, 6.45) is -1.20. The molecule has 6 atom stereocenters. The van der Waals surface area contributed by atoms with Crippen LogP contribution >= 0.6 is 0 Å². The molecule has 114 valence electrons. The van der Waals surface area contributed by atoms with Crippen LogP contribution in [0.25, 0.3) is 0 Å². The van der Waals surface area contributed by atoms with Crippen LogP contribution in [0.1, 0.15) is 6.42 Å². The van der Waals surface area contributed by atoms with Gasteiger partial charge in [0.1, 0.15) is 12.2 Å². The normalized spacial score (nSPS) is 38.5. The fraction of sp³-hybridized carbons (Fsp3) is 0.750. The van der Waals surface area contributed by atoms with Crippen molar-refractivity contribution in [2.45, 2.75) is 18.6 Å². The predicted molar refractivity (Wildman–Crippen MR) is 62.7 cm³/mol. The quantitative estimate of drug-likeness (QED) is 0.168. The van der Waals surface area contributed by atoms with Gasteiger partial charge in [-0.2, -0.15) is 0 Å². The maximum atomic E-state index is 11.9. The maximum Gasteiger partial charge on any atom is 0.424 e. The zero-order valence-electron chi connectivity index (χ0n) is 11.6. The van der Waals surface area contributed by atoms with E-state index < -0.39 is 42.1 Å². The molecule has 2 aliphatic carbocycles. The molecule has 9 heteroatoms. The molecule has 0 aromatic carbocycles. The van der Waals surface area contributed by atoms with Gasteiger partial charge in [-0.15, -0.1) is 0 Å². The number of carbonyl (C=O) groups is 3. The number of hydrogen-bond donors (Lipinski definition) is 1. The molecule has 2 N–H and O–H groups in total. The van der Waals surface area contributed by atoms with E-state index in [0.29, 0.717) is 6.42 Å². The number of hydrazine groups is 1. The molecule has 1 heterocycles. The van der Waals surface area contributed by atoms with E-state index in [1.807, 2.05) is 0 Å². The van der Waals surface area contributed by atoms with E-state index >= 15 is 0 Å². The molecule has 1 amide bonds. The number of fused-ring (bicyclic) bond motifs is 1. The molecular formula is C12H16N2O6U. The van der Waals surface area contributed by atoms with Crippen LogP contribution in [0, 0.1) is 54.8 Å². The van der Waals surface area contributed by atoms with Crippen LogP contribution in [0.4, 0.5) is 4.79 Å². The fourth-order valence-corrected chi connectivity index (χ4v) is 3.80. The molecule has 1 saturated heterocycles. The van der Waals surface area contributed by atoms with Crippen molar-refractivity contribution in [3.63, 3.8) is 0 Å². The van der Waals surface area contributed by atoms with Gasteiger partial charge in [-0.05, 0) is 6.42 Å². The van der Waals surface area contributed by atoms with E-state index in [1.54, 1.807) is 0 Å². The third-order valence-electron chi connectivity index (χ3n) is 4.54. The summed E-state index contributed by atoms with van der Waals surface area (Å²) in [5.41, 5.74) is 0. The van der Waals surface area contributed by atoms with Crippen LogP contribution in [-0.4, -0.2) is 49.4 Å². The van der Waals surface area contributed by atoms with E-state index in [4.69, 9.17) is 20.1 Å². The van der Waals surface area contributed by atoms with Crippen molar-refractivity contribution in [1.29, 1.82) is 0 Å². The largest absolute Gasteiger partial charge is 0.469 e. The number of carbonyl (C=O) groups excluding carboxylic acids is 3. The van der Waals surface area contributed by atoms with Gasteiger partial charge in [0.15, 0.2) is 0 Å². The van der Waals surface area contributed by atoms with Crippen LogP contribution in [0.3, 0.4) is 0 Å². The second-order valence-electron chi connectivity index (χ2n) is 5.50. The first kappa shape index (κ1) is 16.6. The number of hydrogen-bond acceptors (Lipinski definition) is 7. The van der Waals surface area contributed by atoms with Crippen molar-refractivity contribution < 1.29 is 59.7 Å². The minimum atomic E-state index is -0.717. The van der Waals surface area contributed by atoms with E-state index in [2.05, 4.69) is 0 Å². The van der Waals surface area contributed by atoms with Crippen molar-refractivity contribution >= 4 is 18.0 Å². The second-order valence-corrected chi connectivity index (χ2v) is 5.50. The predicted octanol–water partition coefficient (Wildman–Crippen LogP) is -0.722. The van der Waals surface area contributed by atoms with Crippen LogP contribution < -0.4 is 5.84 Å². The van der Waals surface area contributed by atoms with Gasteiger partial charge in [-0.25, -0.2) is 15.6 Å². The Kier molecular flexibility index (Phi) is 4.57. The molecule has 0 aromatic heterocycles. The second kappa shape index (κ2) is 5.78. The topological polar surface area (TPSA) is 108 Å². The third kappa shape index (κ3) is 2.35. The number of esters is 2. The number of methoxy groups -OCH3 is 1. The Morgan fingerprint density at radius 1 is 1.38 bits per heavy atom. The number of nitrogens with zero attached hydrogens (tertiary/aromatic N) is 1. The van der Waals surface area contributed by atoms with Crippen LogP contribution in [0.2, 0.25) is 0 Å². The van der Waals surface area contributed by atoms with Gasteiger partial charge in [0.2, 0.25) is 0 Å². The zero-order valence-corrected chi connectivity index (χ0v) is 15.8. The van der Waals surface area contributed by atoms with Crippen molar-refractivity contribution in [2.75, 3.05) is 14.2 Å². The number of amides is 1. The van der Waals surface area contributed by atoms with Crippen molar-refractivity contribution in [1.82, 2.24) is 5.01 Å². The molecule has 1 aliphatic heterocycles. The van der Waals surface area contributed by atoms with Gasteiger partial charge >= 0.3 is 18.0 Å². The summed E-state index contributed by atoms with van der Waals surface area (Å²) in [4.78, 5) is 35.4. The monoisotopic (exact) mass is 522 g/mol. The molecule has 2 saturated carbocycles. The van der Waals surface area contributed by atoms with Gasteiger partial charge in [-0.1, -0.05) is 0 Å². The zero-order chi connectivity index (χ0) is 14.6. The Bertz CT molecular complexity index is 484. The van der Waals surface area contributed by atoms with Crippen LogP contribution in [0.15, 0.2) is 0 Å². The number of rotatable bonds is 2. The average Bonchev–Trinajstić information content (AvgIpc) is 3.00.